The van der Waals surface area contributed by atoms with Crippen LogP contribution >= 0.6 is 0 Å². The van der Waals surface area contributed by atoms with Gasteiger partial charge < -0.3 is 30.8 Å². The van der Waals surface area contributed by atoms with Gasteiger partial charge in [0, 0.05) is 0 Å². The fourth-order valence-corrected chi connectivity index (χ4v) is 6.61. The Bertz CT molecular complexity index is 719. The van der Waals surface area contributed by atoms with E-state index in [0.29, 0.717) is 19.3 Å². The van der Waals surface area contributed by atoms with Crippen LogP contribution in [0.25, 0.3) is 0 Å². The van der Waals surface area contributed by atoms with Crippen LogP contribution in [0.2, 0.25) is 0 Å². The molecule has 0 saturated carbocycles. The maximum absolute atomic E-state index is 12.5. The van der Waals surface area contributed by atoms with Crippen LogP contribution < -0.4 is 5.32 Å². The SMILES string of the molecule is CCCCCCCCCC=CCCCC(O)C(O)C(CO)NC(=O)C(O)C(O)CCCCCCCCCCCCCCCCCCCCC. The number of carbonyl (C=O) groups excluding carboxylic acids is 1. The highest BCUT2D eigenvalue weighted by Gasteiger charge is 2.31. The zero-order chi connectivity index (χ0) is 36.2. The first-order valence-corrected chi connectivity index (χ1v) is 21.2. The number of nitrogens with one attached hydrogen (secondary N) is 1. The number of aliphatic hydroxyl groups excluding tert-OH is 5. The Morgan fingerprint density at radius 1 is 0.490 bits per heavy atom. The summed E-state index contributed by atoms with van der Waals surface area (Å²) in [7, 11) is 0. The van der Waals surface area contributed by atoms with Gasteiger partial charge in [0.05, 0.1) is 24.9 Å². The average molecular weight is 698 g/mol. The van der Waals surface area contributed by atoms with Gasteiger partial charge in [0.2, 0.25) is 0 Å². The fraction of sp³-hybridized carbons (Fsp3) is 0.929. The number of amides is 1. The van der Waals surface area contributed by atoms with Gasteiger partial charge in [-0.25, -0.2) is 0 Å². The molecule has 0 fully saturated rings. The normalized spacial score (nSPS) is 15.0. The van der Waals surface area contributed by atoms with E-state index in [-0.39, 0.29) is 0 Å². The molecule has 0 heterocycles. The molecule has 0 aromatic rings. The van der Waals surface area contributed by atoms with E-state index in [1.54, 1.807) is 0 Å². The molecule has 1 amide bonds. The maximum Gasteiger partial charge on any atom is 0.251 e. The van der Waals surface area contributed by atoms with Gasteiger partial charge in [-0.3, -0.25) is 4.79 Å². The summed E-state index contributed by atoms with van der Waals surface area (Å²) >= 11 is 0. The third-order valence-corrected chi connectivity index (χ3v) is 10.1. The Hall–Kier alpha value is -0.990. The molecule has 0 bridgehead atoms. The average Bonchev–Trinajstić information content (AvgIpc) is 3.11. The first kappa shape index (κ1) is 48.0. The molecular weight excluding hydrogens is 614 g/mol. The number of hydrogen-bond acceptors (Lipinski definition) is 6. The van der Waals surface area contributed by atoms with Crippen molar-refractivity contribution in [3.05, 3.63) is 12.2 Å². The van der Waals surface area contributed by atoms with Crippen molar-refractivity contribution in [2.75, 3.05) is 6.61 Å². The third kappa shape index (κ3) is 30.4. The van der Waals surface area contributed by atoms with Gasteiger partial charge in [-0.05, 0) is 38.5 Å². The lowest BCUT2D eigenvalue weighted by Crippen LogP contribution is -2.54. The van der Waals surface area contributed by atoms with Crippen LogP contribution in [0.5, 0.6) is 0 Å². The van der Waals surface area contributed by atoms with Crippen molar-refractivity contribution in [1.29, 1.82) is 0 Å². The predicted octanol–water partition coefficient (Wildman–Crippen LogP) is 9.60. The summed E-state index contributed by atoms with van der Waals surface area (Å²) in [4.78, 5) is 12.5. The Morgan fingerprint density at radius 3 is 1.24 bits per heavy atom. The topological polar surface area (TPSA) is 130 Å². The van der Waals surface area contributed by atoms with E-state index in [2.05, 4.69) is 31.3 Å². The molecule has 7 heteroatoms. The molecule has 5 unspecified atom stereocenters. The van der Waals surface area contributed by atoms with Gasteiger partial charge in [-0.1, -0.05) is 187 Å². The first-order chi connectivity index (χ1) is 23.9. The molecule has 0 aliphatic heterocycles. The van der Waals surface area contributed by atoms with Gasteiger partial charge in [-0.15, -0.1) is 0 Å². The second kappa shape index (κ2) is 36.8. The lowest BCUT2D eigenvalue weighted by molar-refractivity contribution is -0.138. The molecule has 0 rings (SSSR count). The quantitative estimate of drug-likeness (QED) is 0.0282. The minimum absolute atomic E-state index is 0.314. The number of hydrogen-bond donors (Lipinski definition) is 6. The minimum Gasteiger partial charge on any atom is -0.394 e. The number of allylic oxidation sites excluding steroid dienone is 2. The lowest BCUT2D eigenvalue weighted by atomic mass is 9.99. The van der Waals surface area contributed by atoms with Gasteiger partial charge in [-0.2, -0.15) is 0 Å². The molecule has 292 valence electrons. The third-order valence-electron chi connectivity index (χ3n) is 10.1. The van der Waals surface area contributed by atoms with Crippen molar-refractivity contribution in [2.45, 2.75) is 243 Å². The van der Waals surface area contributed by atoms with E-state index in [9.17, 15) is 30.3 Å². The zero-order valence-corrected chi connectivity index (χ0v) is 32.3. The van der Waals surface area contributed by atoms with Crippen LogP contribution in [0.1, 0.15) is 213 Å². The van der Waals surface area contributed by atoms with Crippen molar-refractivity contribution < 1.29 is 30.3 Å². The molecular formula is C42H83NO6. The fourth-order valence-electron chi connectivity index (χ4n) is 6.61. The number of carbonyl (C=O) groups is 1. The monoisotopic (exact) mass is 698 g/mol. The van der Waals surface area contributed by atoms with Crippen molar-refractivity contribution in [2.24, 2.45) is 0 Å². The second-order valence-corrected chi connectivity index (χ2v) is 14.8. The summed E-state index contributed by atoms with van der Waals surface area (Å²) in [5.41, 5.74) is 0. The highest BCUT2D eigenvalue weighted by atomic mass is 16.3. The molecule has 0 aromatic heterocycles. The molecule has 49 heavy (non-hydrogen) atoms. The van der Waals surface area contributed by atoms with E-state index < -0.39 is 43.0 Å². The van der Waals surface area contributed by atoms with Crippen LogP contribution in [0.3, 0.4) is 0 Å². The van der Waals surface area contributed by atoms with Crippen molar-refractivity contribution in [3.63, 3.8) is 0 Å². The zero-order valence-electron chi connectivity index (χ0n) is 32.3. The van der Waals surface area contributed by atoms with Gasteiger partial charge in [0.25, 0.3) is 5.91 Å². The minimum atomic E-state index is -1.64. The van der Waals surface area contributed by atoms with Crippen LogP contribution in [-0.4, -0.2) is 68.5 Å². The molecule has 0 aromatic carbocycles. The summed E-state index contributed by atoms with van der Waals surface area (Å²) < 4.78 is 0. The lowest BCUT2D eigenvalue weighted by Gasteiger charge is -2.28. The highest BCUT2D eigenvalue weighted by molar-refractivity contribution is 5.81. The first-order valence-electron chi connectivity index (χ1n) is 21.2. The van der Waals surface area contributed by atoms with Gasteiger partial charge in [0.1, 0.15) is 6.10 Å². The van der Waals surface area contributed by atoms with E-state index in [0.717, 1.165) is 32.1 Å². The molecule has 6 N–H and O–H groups in total. The van der Waals surface area contributed by atoms with Gasteiger partial charge >= 0.3 is 0 Å². The molecule has 0 spiro atoms. The number of rotatable bonds is 38. The maximum atomic E-state index is 12.5. The number of unbranched alkanes of at least 4 members (excludes halogenated alkanes) is 26. The second-order valence-electron chi connectivity index (χ2n) is 14.8. The highest BCUT2D eigenvalue weighted by Crippen LogP contribution is 2.16. The van der Waals surface area contributed by atoms with Crippen molar-refractivity contribution in [1.82, 2.24) is 5.32 Å². The predicted molar refractivity (Wildman–Crippen MR) is 207 cm³/mol. The van der Waals surface area contributed by atoms with Crippen molar-refractivity contribution in [3.8, 4) is 0 Å². The molecule has 5 atom stereocenters. The Labute approximate surface area is 303 Å². The summed E-state index contributed by atoms with van der Waals surface area (Å²) in [5.74, 6) is -0.844. The van der Waals surface area contributed by atoms with E-state index in [1.807, 2.05) is 0 Å². The summed E-state index contributed by atoms with van der Waals surface area (Å²) in [6, 6.07) is -1.12. The standard InChI is InChI=1S/C42H83NO6/c1-3-5-7-9-11-13-15-17-18-19-20-21-22-23-25-27-29-31-33-35-39(46)41(48)42(49)43-37(36-44)40(47)38(45)34-32-30-28-26-24-16-14-12-10-8-6-4-2/h26,28,37-41,44-48H,3-25,27,29-36H2,1-2H3,(H,43,49). The largest absolute Gasteiger partial charge is 0.394 e. The van der Waals surface area contributed by atoms with Crippen LogP contribution in [0.15, 0.2) is 12.2 Å². The Balaban J connectivity index is 3.85. The van der Waals surface area contributed by atoms with Crippen LogP contribution in [0.4, 0.5) is 0 Å². The summed E-state index contributed by atoms with van der Waals surface area (Å²) in [5, 5.41) is 53.8. The Kier molecular flexibility index (Phi) is 36.0. The van der Waals surface area contributed by atoms with E-state index in [1.165, 1.54) is 148 Å². The van der Waals surface area contributed by atoms with Crippen LogP contribution in [-0.2, 0) is 4.79 Å². The van der Waals surface area contributed by atoms with Crippen molar-refractivity contribution >= 4 is 5.91 Å². The summed E-state index contributed by atoms with van der Waals surface area (Å²) in [6.07, 6.45) is 35.6. The van der Waals surface area contributed by atoms with Crippen LogP contribution in [0, 0.1) is 0 Å². The molecule has 0 saturated heterocycles. The van der Waals surface area contributed by atoms with E-state index in [4.69, 9.17) is 0 Å². The van der Waals surface area contributed by atoms with Gasteiger partial charge in [0.15, 0.2) is 6.10 Å². The molecule has 0 aliphatic carbocycles. The molecule has 0 radical (unpaired) electrons. The Morgan fingerprint density at radius 2 is 0.837 bits per heavy atom. The molecule has 0 aliphatic rings. The summed E-state index contributed by atoms with van der Waals surface area (Å²) in [6.45, 7) is 3.92. The number of aliphatic hydroxyl groups is 5. The van der Waals surface area contributed by atoms with E-state index >= 15 is 0 Å². The smallest absolute Gasteiger partial charge is 0.251 e. The molecule has 7 nitrogen and oxygen atoms in total.